The molecule has 0 amide bonds. The second-order valence-corrected chi connectivity index (χ2v) is 14.2. The summed E-state index contributed by atoms with van der Waals surface area (Å²) in [6, 6.07) is 0. The van der Waals surface area contributed by atoms with E-state index in [9.17, 15) is 19.5 Å². The van der Waals surface area contributed by atoms with Gasteiger partial charge in [-0.25, -0.2) is 8.78 Å². The van der Waals surface area contributed by atoms with E-state index >= 15 is 8.78 Å². The number of rotatable bonds is 6. The van der Waals surface area contributed by atoms with Crippen LogP contribution in [0.15, 0.2) is 11.6 Å². The highest BCUT2D eigenvalue weighted by Gasteiger charge is 2.80. The first-order valence-electron chi connectivity index (χ1n) is 14.3. The summed E-state index contributed by atoms with van der Waals surface area (Å²) >= 11 is 1.35. The summed E-state index contributed by atoms with van der Waals surface area (Å²) in [6.45, 7) is 5.79. The maximum Gasteiger partial charge on any atom is 0.307 e. The fourth-order valence-corrected chi connectivity index (χ4v) is 10.2. The number of aliphatic hydroxyl groups is 1. The molecule has 11 atom stereocenters. The summed E-state index contributed by atoms with van der Waals surface area (Å²) < 4.78 is 51.3. The van der Waals surface area contributed by atoms with Gasteiger partial charge in [0.2, 0.25) is 0 Å². The van der Waals surface area contributed by atoms with Gasteiger partial charge in [0, 0.05) is 28.4 Å². The molecule has 4 aliphatic carbocycles. The third kappa shape index (κ3) is 3.66. The summed E-state index contributed by atoms with van der Waals surface area (Å²) in [7, 11) is 0. The number of alkyl halides is 2. The number of ketones is 2. The number of thioether (sulfide) groups is 1. The third-order valence-electron chi connectivity index (χ3n) is 11.0. The number of hydrogen-bond donors (Lipinski definition) is 1. The van der Waals surface area contributed by atoms with E-state index in [0.29, 0.717) is 12.8 Å². The van der Waals surface area contributed by atoms with Crippen LogP contribution in [-0.4, -0.2) is 76.2 Å². The maximum atomic E-state index is 17.5. The average molecular weight is 569 g/mol. The van der Waals surface area contributed by atoms with Gasteiger partial charge in [0.05, 0.1) is 24.4 Å². The molecular formula is C29H38F2O7S. The highest BCUT2D eigenvalue weighted by atomic mass is 32.2. The van der Waals surface area contributed by atoms with Gasteiger partial charge < -0.3 is 19.3 Å². The van der Waals surface area contributed by atoms with Crippen LogP contribution in [0, 0.1) is 22.7 Å². The number of fused-ring (bicyclic) bond motifs is 7. The molecule has 6 rings (SSSR count). The normalized spacial score (nSPS) is 50.5. The Morgan fingerprint density at radius 3 is 2.69 bits per heavy atom. The Bertz CT molecular complexity index is 1120. The monoisotopic (exact) mass is 568 g/mol. The lowest BCUT2D eigenvalue weighted by atomic mass is 9.43. The lowest BCUT2D eigenvalue weighted by Gasteiger charge is -2.64. The Labute approximate surface area is 231 Å². The first-order valence-corrected chi connectivity index (χ1v) is 15.3. The van der Waals surface area contributed by atoms with E-state index in [4.69, 9.17) is 14.2 Å². The molecule has 1 unspecified atom stereocenters. The van der Waals surface area contributed by atoms with Crippen LogP contribution in [0.1, 0.15) is 72.1 Å². The van der Waals surface area contributed by atoms with Crippen LogP contribution in [0.3, 0.4) is 0 Å². The van der Waals surface area contributed by atoms with Gasteiger partial charge in [-0.1, -0.05) is 27.2 Å². The minimum atomic E-state index is -2.14. The van der Waals surface area contributed by atoms with Crippen molar-refractivity contribution in [2.75, 3.05) is 12.4 Å². The topological polar surface area (TPSA) is 99.1 Å². The first kappa shape index (κ1) is 27.8. The fraction of sp³-hybridized carbons (Fsp3) is 0.828. The fourth-order valence-electron chi connectivity index (χ4n) is 9.14. The van der Waals surface area contributed by atoms with Crippen molar-refractivity contribution in [2.45, 2.75) is 113 Å². The molecule has 5 fully saturated rings. The Morgan fingerprint density at radius 1 is 1.23 bits per heavy atom. The van der Waals surface area contributed by atoms with E-state index < -0.39 is 58.6 Å². The van der Waals surface area contributed by atoms with Crippen molar-refractivity contribution in [2.24, 2.45) is 22.7 Å². The van der Waals surface area contributed by atoms with E-state index in [1.807, 2.05) is 13.8 Å². The molecule has 0 radical (unpaired) electrons. The van der Waals surface area contributed by atoms with E-state index in [-0.39, 0.29) is 72.8 Å². The largest absolute Gasteiger partial charge is 0.464 e. The van der Waals surface area contributed by atoms with Crippen LogP contribution in [0.2, 0.25) is 0 Å². The molecule has 1 N–H and O–H groups in total. The van der Waals surface area contributed by atoms with Gasteiger partial charge in [0.1, 0.15) is 18.4 Å². The van der Waals surface area contributed by atoms with Crippen molar-refractivity contribution in [3.8, 4) is 0 Å². The van der Waals surface area contributed by atoms with Crippen LogP contribution in [0.5, 0.6) is 0 Å². The number of carbonyl (C=O) groups excluding carboxylic acids is 3. The minimum absolute atomic E-state index is 0.0292. The smallest absolute Gasteiger partial charge is 0.307 e. The van der Waals surface area contributed by atoms with Crippen LogP contribution in [-0.2, 0) is 28.6 Å². The molecule has 0 aromatic carbocycles. The molecule has 10 heteroatoms. The Morgan fingerprint density at radius 2 is 2.00 bits per heavy atom. The molecule has 39 heavy (non-hydrogen) atoms. The highest BCUT2D eigenvalue weighted by molar-refractivity contribution is 8.00. The number of allylic oxidation sites excluding steroid dienone is 1. The van der Waals surface area contributed by atoms with Gasteiger partial charge in [-0.05, 0) is 49.7 Å². The molecule has 3 saturated carbocycles. The second-order valence-electron chi connectivity index (χ2n) is 12.9. The summed E-state index contributed by atoms with van der Waals surface area (Å²) in [5.41, 5.74) is -5.68. The lowest BCUT2D eigenvalue weighted by molar-refractivity contribution is -0.241. The number of esters is 1. The summed E-state index contributed by atoms with van der Waals surface area (Å²) in [5.74, 6) is -1.94. The van der Waals surface area contributed by atoms with Crippen molar-refractivity contribution in [1.29, 1.82) is 0 Å². The number of aliphatic hydroxyl groups excluding tert-OH is 1. The average Bonchev–Trinajstić information content (AvgIpc) is 3.53. The Balaban J connectivity index is 1.37. The highest BCUT2D eigenvalue weighted by Crippen LogP contribution is 2.72. The second kappa shape index (κ2) is 9.33. The molecule has 2 saturated heterocycles. The number of carbonyl (C=O) groups is 3. The van der Waals surface area contributed by atoms with Crippen LogP contribution in [0.25, 0.3) is 0 Å². The molecule has 0 spiro atoms. The minimum Gasteiger partial charge on any atom is -0.464 e. The zero-order chi connectivity index (χ0) is 28.0. The third-order valence-corrected chi connectivity index (χ3v) is 12.2. The molecule has 7 nitrogen and oxygen atoms in total. The molecule has 2 heterocycles. The van der Waals surface area contributed by atoms with Gasteiger partial charge >= 0.3 is 5.97 Å². The number of hydrogen-bond acceptors (Lipinski definition) is 8. The van der Waals surface area contributed by atoms with Gasteiger partial charge in [-0.3, -0.25) is 14.4 Å². The molecule has 6 aliphatic rings. The SMILES string of the molecule is CCCC1O[C@@H]2C[C@H]3[C@@H]4C[C@H](F)C5=CC(=O)CC[C@]5(C)[C@@]4(F)[C@@H](O)C[C@]3(C)[C@]2(C(=O)CS[C@H]2COC(=O)C2)O1. The predicted molar refractivity (Wildman–Crippen MR) is 138 cm³/mol. The molecule has 216 valence electrons. The van der Waals surface area contributed by atoms with Gasteiger partial charge in [0.15, 0.2) is 23.5 Å². The standard InChI is InChI=1S/C29H38F2O7S/c1-4-5-25-37-23-11-17-18-10-20(30)19-8-15(32)6-7-26(19,2)28(18,31)21(33)12-27(17,3)29(23,38-25)22(34)14-39-16-9-24(35)36-13-16/h8,16-18,20-21,23,25,33H,4-7,9-14H2,1-3H3/t16-,17+,18+,20+,21+,23-,25?,26+,27+,28+,29-/m1/s1. The number of cyclic esters (lactones) is 1. The van der Waals surface area contributed by atoms with E-state index in [1.165, 1.54) is 17.8 Å². The summed E-state index contributed by atoms with van der Waals surface area (Å²) in [6.07, 6.45) is -0.913. The summed E-state index contributed by atoms with van der Waals surface area (Å²) in [4.78, 5) is 37.9. The van der Waals surface area contributed by atoms with Crippen molar-refractivity contribution in [3.63, 3.8) is 0 Å². The van der Waals surface area contributed by atoms with Gasteiger partial charge in [-0.2, -0.15) is 0 Å². The zero-order valence-electron chi connectivity index (χ0n) is 22.8. The quantitative estimate of drug-likeness (QED) is 0.480. The zero-order valence-corrected chi connectivity index (χ0v) is 23.6. The first-order chi connectivity index (χ1) is 18.4. The van der Waals surface area contributed by atoms with Crippen LogP contribution >= 0.6 is 11.8 Å². The van der Waals surface area contributed by atoms with E-state index in [1.54, 1.807) is 6.92 Å². The van der Waals surface area contributed by atoms with E-state index in [2.05, 4.69) is 0 Å². The van der Waals surface area contributed by atoms with Gasteiger partial charge in [0.25, 0.3) is 0 Å². The number of ether oxygens (including phenoxy) is 3. The molecule has 2 aliphatic heterocycles. The number of halogens is 2. The van der Waals surface area contributed by atoms with Crippen molar-refractivity contribution in [1.82, 2.24) is 0 Å². The molecule has 0 bridgehead atoms. The van der Waals surface area contributed by atoms with Crippen LogP contribution < -0.4 is 0 Å². The van der Waals surface area contributed by atoms with Crippen molar-refractivity contribution in [3.05, 3.63) is 11.6 Å². The lowest BCUT2D eigenvalue weighted by Crippen LogP contribution is -2.71. The number of Topliss-reactive ketones (excluding diaryl/α,β-unsaturated/α-hetero) is 1. The van der Waals surface area contributed by atoms with Gasteiger partial charge in [-0.15, -0.1) is 11.8 Å². The molecular weight excluding hydrogens is 530 g/mol. The van der Waals surface area contributed by atoms with Crippen LogP contribution in [0.4, 0.5) is 8.78 Å². The summed E-state index contributed by atoms with van der Waals surface area (Å²) in [5, 5.41) is 11.5. The predicted octanol–water partition coefficient (Wildman–Crippen LogP) is 4.04. The maximum absolute atomic E-state index is 17.5. The molecule has 0 aromatic heterocycles. The van der Waals surface area contributed by atoms with E-state index in [0.717, 1.165) is 6.42 Å². The van der Waals surface area contributed by atoms with Crippen molar-refractivity contribution < 1.29 is 42.5 Å². The Hall–Kier alpha value is -1.36. The van der Waals surface area contributed by atoms with Crippen molar-refractivity contribution >= 4 is 29.3 Å². The molecule has 0 aromatic rings. The Kier molecular flexibility index (Phi) is 6.65.